The molecule has 2 bridgehead atoms. The predicted octanol–water partition coefficient (Wildman–Crippen LogP) is 1.86. The first-order valence-corrected chi connectivity index (χ1v) is 9.12. The number of pyridine rings is 1. The highest BCUT2D eigenvalue weighted by Gasteiger charge is 2.35. The van der Waals surface area contributed by atoms with Gasteiger partial charge in [-0.3, -0.25) is 14.4 Å². The number of hydrogen-bond acceptors (Lipinski definition) is 4. The average Bonchev–Trinajstić information content (AvgIpc) is 2.91. The fraction of sp³-hybridized carbons (Fsp3) is 0.250. The van der Waals surface area contributed by atoms with Crippen LogP contribution in [0.1, 0.15) is 38.9 Å². The zero-order valence-electron chi connectivity index (χ0n) is 15.5. The lowest BCUT2D eigenvalue weighted by atomic mass is 10.1. The summed E-state index contributed by atoms with van der Waals surface area (Å²) in [6.07, 6.45) is 5.36. The monoisotopic (exact) mass is 419 g/mol. The van der Waals surface area contributed by atoms with E-state index in [4.69, 9.17) is 0 Å². The van der Waals surface area contributed by atoms with Gasteiger partial charge in [0.15, 0.2) is 11.4 Å². The van der Waals surface area contributed by atoms with Crippen LogP contribution in [0, 0.1) is 17.5 Å². The van der Waals surface area contributed by atoms with Crippen LogP contribution in [-0.4, -0.2) is 39.5 Å². The van der Waals surface area contributed by atoms with Crippen molar-refractivity contribution in [2.45, 2.75) is 19.0 Å². The maximum atomic E-state index is 13.8. The Bertz CT molecular complexity index is 1140. The third kappa shape index (κ3) is 3.23. The number of allylic oxidation sites excluding steroid dienone is 1. The van der Waals surface area contributed by atoms with Gasteiger partial charge in [-0.25, -0.2) is 13.2 Å². The van der Waals surface area contributed by atoms with Crippen LogP contribution in [0.4, 0.5) is 13.2 Å². The summed E-state index contributed by atoms with van der Waals surface area (Å²) < 4.78 is 41.9. The Balaban J connectivity index is 1.67. The van der Waals surface area contributed by atoms with Crippen molar-refractivity contribution in [1.29, 1.82) is 0 Å². The van der Waals surface area contributed by atoms with Crippen LogP contribution in [0.15, 0.2) is 35.3 Å². The van der Waals surface area contributed by atoms with Crippen LogP contribution in [0.25, 0.3) is 0 Å². The number of aromatic hydroxyl groups is 1. The van der Waals surface area contributed by atoms with Gasteiger partial charge in [-0.05, 0) is 6.42 Å². The number of nitrogens with one attached hydrogen (secondary N) is 1. The van der Waals surface area contributed by atoms with Crippen molar-refractivity contribution in [3.8, 4) is 5.75 Å². The van der Waals surface area contributed by atoms with Crippen molar-refractivity contribution in [3.63, 3.8) is 0 Å². The molecule has 0 spiro atoms. The molecule has 2 aromatic rings. The number of fused-ring (bicyclic) bond motifs is 4. The zero-order valence-corrected chi connectivity index (χ0v) is 15.5. The molecular formula is C20H16F3N3O4. The maximum absolute atomic E-state index is 13.8. The third-order valence-corrected chi connectivity index (χ3v) is 5.20. The summed E-state index contributed by atoms with van der Waals surface area (Å²) in [6, 6.07) is 0.656. The van der Waals surface area contributed by atoms with Crippen molar-refractivity contribution in [1.82, 2.24) is 14.8 Å². The van der Waals surface area contributed by atoms with E-state index in [0.29, 0.717) is 31.6 Å². The van der Waals surface area contributed by atoms with Crippen molar-refractivity contribution in [2.24, 2.45) is 0 Å². The first kappa shape index (κ1) is 19.7. The lowest BCUT2D eigenvalue weighted by molar-refractivity contribution is 0.0688. The second-order valence-corrected chi connectivity index (χ2v) is 7.08. The minimum absolute atomic E-state index is 0.202. The molecule has 0 radical (unpaired) electrons. The molecule has 7 nitrogen and oxygen atoms in total. The van der Waals surface area contributed by atoms with Gasteiger partial charge in [-0.15, -0.1) is 0 Å². The minimum atomic E-state index is -1.19. The second-order valence-electron chi connectivity index (χ2n) is 7.08. The van der Waals surface area contributed by atoms with Gasteiger partial charge in [0.05, 0.1) is 6.04 Å². The van der Waals surface area contributed by atoms with Crippen LogP contribution in [0.5, 0.6) is 5.75 Å². The molecule has 1 aromatic heterocycles. The molecule has 2 N–H and O–H groups in total. The van der Waals surface area contributed by atoms with Gasteiger partial charge in [-0.1, -0.05) is 12.2 Å². The molecule has 0 aliphatic carbocycles. The van der Waals surface area contributed by atoms with E-state index in [2.05, 4.69) is 5.32 Å². The molecular weight excluding hydrogens is 403 g/mol. The van der Waals surface area contributed by atoms with E-state index in [0.717, 1.165) is 0 Å². The van der Waals surface area contributed by atoms with Gasteiger partial charge in [0, 0.05) is 43.5 Å². The van der Waals surface area contributed by atoms with Gasteiger partial charge in [0.25, 0.3) is 11.8 Å². The molecule has 4 rings (SSSR count). The lowest BCUT2D eigenvalue weighted by Crippen LogP contribution is -2.44. The Morgan fingerprint density at radius 3 is 2.57 bits per heavy atom. The Hall–Kier alpha value is -3.56. The Morgan fingerprint density at radius 1 is 1.17 bits per heavy atom. The van der Waals surface area contributed by atoms with Gasteiger partial charge in [0.2, 0.25) is 5.43 Å². The fourth-order valence-electron chi connectivity index (χ4n) is 3.66. The van der Waals surface area contributed by atoms with E-state index in [-0.39, 0.29) is 11.7 Å². The molecule has 30 heavy (non-hydrogen) atoms. The molecule has 0 unspecified atom stereocenters. The van der Waals surface area contributed by atoms with Crippen molar-refractivity contribution in [3.05, 3.63) is 75.0 Å². The van der Waals surface area contributed by atoms with E-state index in [1.165, 1.54) is 15.7 Å². The Morgan fingerprint density at radius 2 is 1.87 bits per heavy atom. The molecule has 2 aliphatic rings. The van der Waals surface area contributed by atoms with Crippen molar-refractivity contribution in [2.75, 3.05) is 13.1 Å². The van der Waals surface area contributed by atoms with E-state index in [1.807, 2.05) is 6.08 Å². The van der Waals surface area contributed by atoms with Crippen LogP contribution in [0.2, 0.25) is 0 Å². The number of halogens is 3. The minimum Gasteiger partial charge on any atom is -0.503 e. The van der Waals surface area contributed by atoms with Crippen LogP contribution < -0.4 is 10.7 Å². The van der Waals surface area contributed by atoms with Crippen LogP contribution in [-0.2, 0) is 6.54 Å². The predicted molar refractivity (Wildman–Crippen MR) is 98.6 cm³/mol. The van der Waals surface area contributed by atoms with Gasteiger partial charge >= 0.3 is 0 Å². The summed E-state index contributed by atoms with van der Waals surface area (Å²) in [5, 5.41) is 12.5. The Kier molecular flexibility index (Phi) is 4.84. The summed E-state index contributed by atoms with van der Waals surface area (Å²) in [6.45, 7) is 0.0474. The second kappa shape index (κ2) is 7.36. The molecule has 0 saturated carbocycles. The molecule has 0 saturated heterocycles. The van der Waals surface area contributed by atoms with Crippen molar-refractivity contribution < 1.29 is 27.9 Å². The van der Waals surface area contributed by atoms with E-state index in [9.17, 15) is 32.7 Å². The molecule has 0 fully saturated rings. The number of benzene rings is 1. The van der Waals surface area contributed by atoms with E-state index in [1.54, 1.807) is 6.08 Å². The molecule has 10 heteroatoms. The standard InChI is InChI=1S/C20H16F3N3O4/c21-10-5-14(22)12(15(23)6-10)7-24-19(29)13-9-26-11-3-1-2-4-25(8-11)20(30)16(26)18(28)17(13)27/h1-2,5-6,9,11,28H,3-4,7-8H2,(H,24,29)/t11-/m0/s1. The summed E-state index contributed by atoms with van der Waals surface area (Å²) in [4.78, 5) is 39.1. The normalized spacial score (nSPS) is 17.5. The molecule has 1 atom stereocenters. The summed E-state index contributed by atoms with van der Waals surface area (Å²) in [7, 11) is 0. The first-order valence-electron chi connectivity index (χ1n) is 9.12. The SMILES string of the molecule is O=C(NCc1c(F)cc(F)cc1F)c1cn2c(c(O)c1=O)C(=O)N1CC=CC[C@H]2C1. The highest BCUT2D eigenvalue weighted by molar-refractivity contribution is 5.99. The number of amides is 2. The third-order valence-electron chi connectivity index (χ3n) is 5.20. The zero-order chi connectivity index (χ0) is 21.6. The quantitative estimate of drug-likeness (QED) is 0.743. The molecule has 1 aromatic carbocycles. The van der Waals surface area contributed by atoms with Crippen LogP contribution >= 0.6 is 0 Å². The van der Waals surface area contributed by atoms with E-state index >= 15 is 0 Å². The Labute approximate surface area is 168 Å². The largest absolute Gasteiger partial charge is 0.503 e. The molecule has 2 amide bonds. The van der Waals surface area contributed by atoms with Gasteiger partial charge < -0.3 is 19.9 Å². The lowest BCUT2D eigenvalue weighted by Gasteiger charge is -2.34. The number of hydrogen-bond donors (Lipinski definition) is 2. The highest BCUT2D eigenvalue weighted by Crippen LogP contribution is 2.30. The maximum Gasteiger partial charge on any atom is 0.274 e. The summed E-state index contributed by atoms with van der Waals surface area (Å²) in [5.74, 6) is -5.86. The molecule has 2 aliphatic heterocycles. The average molecular weight is 419 g/mol. The molecule has 3 heterocycles. The van der Waals surface area contributed by atoms with Gasteiger partial charge in [0.1, 0.15) is 23.0 Å². The summed E-state index contributed by atoms with van der Waals surface area (Å²) in [5.41, 5.74) is -2.33. The number of carbonyl (C=O) groups is 2. The van der Waals surface area contributed by atoms with E-state index < -0.39 is 58.1 Å². The topological polar surface area (TPSA) is 91.6 Å². The number of carbonyl (C=O) groups excluding carboxylic acids is 2. The van der Waals surface area contributed by atoms with Crippen molar-refractivity contribution >= 4 is 11.8 Å². The fourth-order valence-corrected chi connectivity index (χ4v) is 3.66. The highest BCUT2D eigenvalue weighted by atomic mass is 19.1. The first-order chi connectivity index (χ1) is 14.3. The molecule has 156 valence electrons. The smallest absolute Gasteiger partial charge is 0.274 e. The summed E-state index contributed by atoms with van der Waals surface area (Å²) >= 11 is 0. The number of rotatable bonds is 3. The number of aromatic nitrogens is 1. The number of nitrogens with zero attached hydrogens (tertiary/aromatic N) is 2. The van der Waals surface area contributed by atoms with Gasteiger partial charge in [-0.2, -0.15) is 0 Å². The van der Waals surface area contributed by atoms with Crippen LogP contribution in [0.3, 0.4) is 0 Å².